The van der Waals surface area contributed by atoms with E-state index < -0.39 is 24.3 Å². The molecule has 8 heteroatoms. The number of nitrogens with zero attached hydrogens (tertiary/aromatic N) is 3. The van der Waals surface area contributed by atoms with Crippen LogP contribution in [0.4, 0.5) is 10.6 Å². The number of hydrogen-bond donors (Lipinski definition) is 4. The minimum Gasteiger partial charge on any atom is -0.388 e. The molecule has 1 fully saturated rings. The third kappa shape index (κ3) is 6.18. The van der Waals surface area contributed by atoms with Crippen LogP contribution in [0.25, 0.3) is 10.9 Å². The number of aromatic nitrogens is 2. The molecule has 0 radical (unpaired) electrons. The Hall–Kier alpha value is -4.66. The largest absolute Gasteiger partial charge is 0.388 e. The molecular weight excluding hydrogens is 550 g/mol. The number of rotatable bonds is 9. The molecule has 2 amide bonds. The van der Waals surface area contributed by atoms with Crippen LogP contribution >= 0.6 is 0 Å². The molecule has 8 nitrogen and oxygen atoms in total. The first-order valence-electron chi connectivity index (χ1n) is 15.2. The summed E-state index contributed by atoms with van der Waals surface area (Å²) < 4.78 is 0. The maximum absolute atomic E-state index is 14.8. The van der Waals surface area contributed by atoms with E-state index in [-0.39, 0.29) is 12.6 Å². The summed E-state index contributed by atoms with van der Waals surface area (Å²) >= 11 is 0. The fraction of sp³-hybridized carbons (Fsp3) is 0.278. The first-order chi connectivity index (χ1) is 21.4. The number of fused-ring (bicyclic) bond motifs is 1. The zero-order valence-corrected chi connectivity index (χ0v) is 24.9. The van der Waals surface area contributed by atoms with Gasteiger partial charge in [0.25, 0.3) is 0 Å². The number of nitrogen functional groups attached to an aromatic ring is 1. The van der Waals surface area contributed by atoms with Crippen molar-refractivity contribution in [3.8, 4) is 0 Å². The van der Waals surface area contributed by atoms with E-state index in [9.17, 15) is 15.0 Å². The molecule has 4 atom stereocenters. The molecule has 0 unspecified atom stereocenters. The predicted octanol–water partition coefficient (Wildman–Crippen LogP) is 5.09. The van der Waals surface area contributed by atoms with E-state index >= 15 is 0 Å². The Morgan fingerprint density at radius 3 is 1.80 bits per heavy atom. The first kappa shape index (κ1) is 29.4. The van der Waals surface area contributed by atoms with Gasteiger partial charge in [-0.2, -0.15) is 5.10 Å². The lowest BCUT2D eigenvalue weighted by Gasteiger charge is -2.36. The van der Waals surface area contributed by atoms with Crippen molar-refractivity contribution in [2.45, 2.75) is 63.6 Å². The number of anilines is 1. The Balaban J connectivity index is 1.43. The van der Waals surface area contributed by atoms with E-state index in [0.29, 0.717) is 25.2 Å². The fourth-order valence-corrected chi connectivity index (χ4v) is 6.27. The molecule has 226 valence electrons. The Kier molecular flexibility index (Phi) is 8.63. The molecule has 1 aromatic heterocycles. The summed E-state index contributed by atoms with van der Waals surface area (Å²) in [5, 5.41) is 31.7. The van der Waals surface area contributed by atoms with Gasteiger partial charge >= 0.3 is 6.03 Å². The van der Waals surface area contributed by atoms with Crippen LogP contribution in [0.2, 0.25) is 0 Å². The third-order valence-corrected chi connectivity index (χ3v) is 8.80. The molecule has 1 aliphatic rings. The smallest absolute Gasteiger partial charge is 0.321 e. The van der Waals surface area contributed by atoms with Gasteiger partial charge in [0.05, 0.1) is 17.6 Å². The van der Waals surface area contributed by atoms with Gasteiger partial charge in [-0.3, -0.25) is 5.10 Å². The SMILES string of the molecule is CCc1ccc(C[C@@H]2[C@H](O)[C@@H](O)[C@@H](Cc3ccccc3)N(Cc3ccc4[nH]nc(N)c4c3)C(=O)N2Cc2ccccc2)cc1. The van der Waals surface area contributed by atoms with Crippen LogP contribution in [0.3, 0.4) is 0 Å². The number of nitrogens with two attached hydrogens (primary N) is 1. The van der Waals surface area contributed by atoms with Gasteiger partial charge in [-0.15, -0.1) is 0 Å². The van der Waals surface area contributed by atoms with Gasteiger partial charge in [0.15, 0.2) is 5.82 Å². The molecule has 4 aromatic carbocycles. The van der Waals surface area contributed by atoms with Gasteiger partial charge in [0.1, 0.15) is 12.2 Å². The summed E-state index contributed by atoms with van der Waals surface area (Å²) in [6.07, 6.45) is -0.653. The van der Waals surface area contributed by atoms with Crippen LogP contribution in [0.15, 0.2) is 103 Å². The highest BCUT2D eigenvalue weighted by molar-refractivity contribution is 5.89. The molecule has 5 N–H and O–H groups in total. The van der Waals surface area contributed by atoms with Crippen molar-refractivity contribution < 1.29 is 15.0 Å². The maximum atomic E-state index is 14.8. The van der Waals surface area contributed by atoms with Crippen LogP contribution in [0.5, 0.6) is 0 Å². The van der Waals surface area contributed by atoms with E-state index in [1.165, 1.54) is 5.56 Å². The molecule has 0 saturated carbocycles. The van der Waals surface area contributed by atoms with Crippen molar-refractivity contribution in [1.29, 1.82) is 0 Å². The van der Waals surface area contributed by atoms with Gasteiger partial charge in [-0.1, -0.05) is 97.9 Å². The summed E-state index contributed by atoms with van der Waals surface area (Å²) in [5.74, 6) is 0.389. The molecule has 5 aromatic rings. The quantitative estimate of drug-likeness (QED) is 0.191. The molecule has 1 saturated heterocycles. The molecular formula is C36H39N5O3. The Morgan fingerprint density at radius 1 is 0.705 bits per heavy atom. The van der Waals surface area contributed by atoms with Crippen LogP contribution < -0.4 is 5.73 Å². The normalized spacial score (nSPS) is 20.7. The van der Waals surface area contributed by atoms with Crippen LogP contribution in [-0.4, -0.2) is 60.5 Å². The zero-order valence-electron chi connectivity index (χ0n) is 24.9. The number of benzene rings is 4. The Bertz CT molecular complexity index is 1690. The first-order valence-corrected chi connectivity index (χ1v) is 15.2. The van der Waals surface area contributed by atoms with Crippen molar-refractivity contribution >= 4 is 22.8 Å². The lowest BCUT2D eigenvalue weighted by molar-refractivity contribution is -0.0408. The van der Waals surface area contributed by atoms with E-state index in [4.69, 9.17) is 5.73 Å². The van der Waals surface area contributed by atoms with Crippen molar-refractivity contribution in [2.75, 3.05) is 5.73 Å². The predicted molar refractivity (Wildman–Crippen MR) is 173 cm³/mol. The molecule has 0 spiro atoms. The lowest BCUT2D eigenvalue weighted by Crippen LogP contribution is -2.50. The van der Waals surface area contributed by atoms with Crippen molar-refractivity contribution in [2.24, 2.45) is 0 Å². The summed E-state index contributed by atoms with van der Waals surface area (Å²) in [7, 11) is 0. The van der Waals surface area contributed by atoms with Gasteiger partial charge in [0.2, 0.25) is 0 Å². The summed E-state index contributed by atoms with van der Waals surface area (Å²) in [6.45, 7) is 2.63. The zero-order chi connectivity index (χ0) is 30.6. The molecule has 2 heterocycles. The van der Waals surface area contributed by atoms with Gasteiger partial charge < -0.3 is 25.7 Å². The van der Waals surface area contributed by atoms with Gasteiger partial charge in [-0.05, 0) is 59.2 Å². The van der Waals surface area contributed by atoms with E-state index in [1.807, 2.05) is 78.9 Å². The number of carbonyl (C=O) groups is 1. The average molecular weight is 590 g/mol. The molecule has 44 heavy (non-hydrogen) atoms. The molecule has 0 bridgehead atoms. The van der Waals surface area contributed by atoms with Crippen LogP contribution in [-0.2, 0) is 32.4 Å². The number of nitrogens with one attached hydrogen (secondary N) is 1. The minimum atomic E-state index is -1.19. The van der Waals surface area contributed by atoms with Crippen molar-refractivity contribution in [3.05, 3.63) is 131 Å². The van der Waals surface area contributed by atoms with Crippen molar-refractivity contribution in [1.82, 2.24) is 20.0 Å². The summed E-state index contributed by atoms with van der Waals surface area (Å²) in [4.78, 5) is 18.3. The number of carbonyl (C=O) groups excluding carboxylic acids is 1. The Labute approximate surface area is 257 Å². The van der Waals surface area contributed by atoms with E-state index in [2.05, 4.69) is 41.4 Å². The number of aliphatic hydroxyl groups is 2. The van der Waals surface area contributed by atoms with Crippen LogP contribution in [0.1, 0.15) is 34.7 Å². The number of aromatic amines is 1. The number of hydrogen-bond acceptors (Lipinski definition) is 5. The van der Waals surface area contributed by atoms with Gasteiger partial charge in [0, 0.05) is 18.5 Å². The number of amides is 2. The minimum absolute atomic E-state index is 0.226. The lowest BCUT2D eigenvalue weighted by atomic mass is 9.90. The average Bonchev–Trinajstić information content (AvgIpc) is 3.41. The summed E-state index contributed by atoms with van der Waals surface area (Å²) in [5.41, 5.74) is 11.9. The Morgan fingerprint density at radius 2 is 1.20 bits per heavy atom. The second-order valence-electron chi connectivity index (χ2n) is 11.7. The van der Waals surface area contributed by atoms with Gasteiger partial charge in [-0.25, -0.2) is 4.79 Å². The fourth-order valence-electron chi connectivity index (χ4n) is 6.27. The maximum Gasteiger partial charge on any atom is 0.321 e. The summed E-state index contributed by atoms with van der Waals surface area (Å²) in [6, 6.07) is 32.1. The highest BCUT2D eigenvalue weighted by atomic mass is 16.3. The number of urea groups is 1. The molecule has 0 aliphatic carbocycles. The number of aliphatic hydroxyl groups excluding tert-OH is 2. The van der Waals surface area contributed by atoms with E-state index in [0.717, 1.165) is 39.6 Å². The van der Waals surface area contributed by atoms with Crippen molar-refractivity contribution in [3.63, 3.8) is 0 Å². The highest BCUT2D eigenvalue weighted by Gasteiger charge is 2.46. The third-order valence-electron chi connectivity index (χ3n) is 8.80. The van der Waals surface area contributed by atoms with Crippen LogP contribution in [0, 0.1) is 0 Å². The topological polar surface area (TPSA) is 119 Å². The molecule has 6 rings (SSSR count). The highest BCUT2D eigenvalue weighted by Crippen LogP contribution is 2.31. The monoisotopic (exact) mass is 589 g/mol. The number of aryl methyl sites for hydroxylation is 1. The number of H-pyrrole nitrogens is 1. The molecule has 1 aliphatic heterocycles. The second kappa shape index (κ2) is 12.9. The van der Waals surface area contributed by atoms with E-state index in [1.54, 1.807) is 9.80 Å². The second-order valence-corrected chi connectivity index (χ2v) is 11.7. The standard InChI is InChI=1S/C36H39N5O3/c1-2-24-13-15-26(16-14-24)21-32-34(43)33(42)31(20-25-9-5-3-6-10-25)41(36(44)40(32)22-27-11-7-4-8-12-27)23-28-17-18-30-29(19-28)35(37)39-38-30/h3-19,31-34,42-43H,2,20-23H2,1H3,(H3,37,38,39)/t31-,32-,33+,34+/m1/s1.